The van der Waals surface area contributed by atoms with E-state index >= 15 is 0 Å². The Morgan fingerprint density at radius 3 is 2.61 bits per heavy atom. The normalized spacial score (nSPS) is 18.4. The van der Waals surface area contributed by atoms with E-state index in [1.54, 1.807) is 37.8 Å². The van der Waals surface area contributed by atoms with Gasteiger partial charge in [-0.25, -0.2) is 4.98 Å². The molecule has 1 N–H and O–H groups in total. The van der Waals surface area contributed by atoms with Crippen LogP contribution in [0, 0.1) is 6.92 Å². The SMILES string of the molecule is Cc1ccc2c(c1)N(C)C(=O)C(C)(C(=O)Nc1ccc(-n3ccnc3)cc1)O2. The monoisotopic (exact) mass is 376 g/mol. The first-order valence-corrected chi connectivity index (χ1v) is 8.86. The first-order valence-electron chi connectivity index (χ1n) is 8.86. The fraction of sp³-hybridized carbons (Fsp3) is 0.190. The maximum atomic E-state index is 12.9. The molecule has 1 aromatic heterocycles. The summed E-state index contributed by atoms with van der Waals surface area (Å²) in [7, 11) is 1.65. The third kappa shape index (κ3) is 2.90. The highest BCUT2D eigenvalue weighted by atomic mass is 16.5. The van der Waals surface area contributed by atoms with Crippen LogP contribution in [0.25, 0.3) is 5.69 Å². The second-order valence-corrected chi connectivity index (χ2v) is 6.94. The van der Waals surface area contributed by atoms with Crippen molar-refractivity contribution in [3.63, 3.8) is 0 Å². The van der Waals surface area contributed by atoms with Gasteiger partial charge in [0.2, 0.25) is 0 Å². The second kappa shape index (κ2) is 6.53. The predicted molar refractivity (Wildman–Crippen MR) is 106 cm³/mol. The van der Waals surface area contributed by atoms with E-state index in [2.05, 4.69) is 10.3 Å². The van der Waals surface area contributed by atoms with Crippen molar-refractivity contribution in [1.82, 2.24) is 9.55 Å². The van der Waals surface area contributed by atoms with Crippen molar-refractivity contribution in [3.8, 4) is 11.4 Å². The molecule has 1 unspecified atom stereocenters. The molecule has 28 heavy (non-hydrogen) atoms. The number of amides is 2. The maximum absolute atomic E-state index is 12.9. The molecule has 2 heterocycles. The molecule has 1 aliphatic heterocycles. The molecular weight excluding hydrogens is 356 g/mol. The topological polar surface area (TPSA) is 76.5 Å². The van der Waals surface area contributed by atoms with Crippen molar-refractivity contribution in [2.45, 2.75) is 19.4 Å². The van der Waals surface area contributed by atoms with Crippen molar-refractivity contribution in [1.29, 1.82) is 0 Å². The molecular formula is C21H20N4O3. The molecule has 1 aliphatic rings. The Morgan fingerprint density at radius 1 is 1.18 bits per heavy atom. The Kier molecular flexibility index (Phi) is 4.15. The zero-order chi connectivity index (χ0) is 19.9. The van der Waals surface area contributed by atoms with Gasteiger partial charge in [-0.3, -0.25) is 9.59 Å². The molecule has 0 radical (unpaired) electrons. The molecule has 2 amide bonds. The van der Waals surface area contributed by atoms with Gasteiger partial charge in [0.25, 0.3) is 17.4 Å². The summed E-state index contributed by atoms with van der Waals surface area (Å²) in [6, 6.07) is 12.8. The molecule has 2 aromatic carbocycles. The molecule has 7 nitrogen and oxygen atoms in total. The number of likely N-dealkylation sites (N-methyl/N-ethyl adjacent to an activating group) is 1. The Hall–Kier alpha value is -3.61. The summed E-state index contributed by atoms with van der Waals surface area (Å²) in [6.45, 7) is 3.43. The fourth-order valence-electron chi connectivity index (χ4n) is 3.19. The van der Waals surface area contributed by atoms with E-state index in [9.17, 15) is 9.59 Å². The van der Waals surface area contributed by atoms with Crippen LogP contribution in [0.2, 0.25) is 0 Å². The van der Waals surface area contributed by atoms with Crippen LogP contribution in [-0.2, 0) is 9.59 Å². The number of carbonyl (C=O) groups excluding carboxylic acids is 2. The van der Waals surface area contributed by atoms with Crippen molar-refractivity contribution in [3.05, 3.63) is 66.7 Å². The molecule has 0 saturated carbocycles. The highest BCUT2D eigenvalue weighted by Gasteiger charge is 2.49. The summed E-state index contributed by atoms with van der Waals surface area (Å²) < 4.78 is 7.71. The summed E-state index contributed by atoms with van der Waals surface area (Å²) in [5.74, 6) is -0.440. The van der Waals surface area contributed by atoms with Crippen LogP contribution in [0.1, 0.15) is 12.5 Å². The van der Waals surface area contributed by atoms with Gasteiger partial charge in [0.05, 0.1) is 12.0 Å². The molecule has 0 spiro atoms. The lowest BCUT2D eigenvalue weighted by Gasteiger charge is -2.38. The third-order valence-electron chi connectivity index (χ3n) is 4.86. The van der Waals surface area contributed by atoms with E-state index in [4.69, 9.17) is 4.74 Å². The second-order valence-electron chi connectivity index (χ2n) is 6.94. The summed E-state index contributed by atoms with van der Waals surface area (Å²) >= 11 is 0. The Morgan fingerprint density at radius 2 is 1.93 bits per heavy atom. The summed E-state index contributed by atoms with van der Waals surface area (Å²) in [5, 5.41) is 2.78. The van der Waals surface area contributed by atoms with E-state index in [-0.39, 0.29) is 0 Å². The standard InChI is InChI=1S/C21H20N4O3/c1-14-4-9-18-17(12-14)24(3)20(27)21(2,28-18)19(26)23-15-5-7-16(8-6-15)25-11-10-22-13-25/h4-13H,1-3H3,(H,23,26). The van der Waals surface area contributed by atoms with Crippen molar-refractivity contribution in [2.24, 2.45) is 0 Å². The Bertz CT molecular complexity index is 1040. The van der Waals surface area contributed by atoms with Gasteiger partial charge < -0.3 is 19.5 Å². The van der Waals surface area contributed by atoms with Gasteiger partial charge in [-0.2, -0.15) is 0 Å². The molecule has 0 bridgehead atoms. The van der Waals surface area contributed by atoms with Crippen LogP contribution in [0.3, 0.4) is 0 Å². The minimum absolute atomic E-state index is 0.418. The highest BCUT2D eigenvalue weighted by Crippen LogP contribution is 2.38. The van der Waals surface area contributed by atoms with E-state index in [0.29, 0.717) is 17.1 Å². The Labute approximate surface area is 162 Å². The minimum atomic E-state index is -1.65. The van der Waals surface area contributed by atoms with E-state index in [1.165, 1.54) is 11.8 Å². The number of hydrogen-bond acceptors (Lipinski definition) is 4. The summed E-state index contributed by atoms with van der Waals surface area (Å²) in [5.41, 5.74) is 1.49. The van der Waals surface area contributed by atoms with Gasteiger partial charge in [0, 0.05) is 30.8 Å². The number of benzene rings is 2. The fourth-order valence-corrected chi connectivity index (χ4v) is 3.19. The number of hydrogen-bond donors (Lipinski definition) is 1. The number of imidazole rings is 1. The maximum Gasteiger partial charge on any atom is 0.280 e. The summed E-state index contributed by atoms with van der Waals surface area (Å²) in [4.78, 5) is 31.3. The lowest BCUT2D eigenvalue weighted by atomic mass is 9.99. The molecule has 142 valence electrons. The van der Waals surface area contributed by atoms with E-state index in [0.717, 1.165) is 11.3 Å². The number of rotatable bonds is 3. The number of aromatic nitrogens is 2. The van der Waals surface area contributed by atoms with Crippen LogP contribution in [0.5, 0.6) is 5.75 Å². The number of carbonyl (C=O) groups is 2. The predicted octanol–water partition coefficient (Wildman–Crippen LogP) is 2.93. The van der Waals surface area contributed by atoms with Gasteiger partial charge >= 0.3 is 0 Å². The van der Waals surface area contributed by atoms with Crippen LogP contribution >= 0.6 is 0 Å². The highest BCUT2D eigenvalue weighted by molar-refractivity contribution is 6.19. The molecule has 0 saturated heterocycles. The van der Waals surface area contributed by atoms with E-state index in [1.807, 2.05) is 42.0 Å². The number of nitrogens with zero attached hydrogens (tertiary/aromatic N) is 3. The number of anilines is 2. The smallest absolute Gasteiger partial charge is 0.280 e. The molecule has 0 aliphatic carbocycles. The van der Waals surface area contributed by atoms with E-state index < -0.39 is 17.4 Å². The first kappa shape index (κ1) is 17.8. The number of fused-ring (bicyclic) bond motifs is 1. The van der Waals surface area contributed by atoms with Gasteiger partial charge in [0.1, 0.15) is 5.75 Å². The van der Waals surface area contributed by atoms with Crippen LogP contribution in [0.4, 0.5) is 11.4 Å². The number of nitrogens with one attached hydrogen (secondary N) is 1. The van der Waals surface area contributed by atoms with Gasteiger partial charge in [-0.15, -0.1) is 0 Å². The van der Waals surface area contributed by atoms with Gasteiger partial charge in [0.15, 0.2) is 0 Å². The van der Waals surface area contributed by atoms with Crippen molar-refractivity contribution in [2.75, 3.05) is 17.3 Å². The quantitative estimate of drug-likeness (QED) is 0.713. The van der Waals surface area contributed by atoms with Crippen LogP contribution < -0.4 is 15.0 Å². The van der Waals surface area contributed by atoms with Gasteiger partial charge in [-0.1, -0.05) is 6.07 Å². The average Bonchev–Trinajstić information content (AvgIpc) is 3.22. The molecule has 3 aromatic rings. The third-order valence-corrected chi connectivity index (χ3v) is 4.86. The number of ether oxygens (including phenoxy) is 1. The summed E-state index contributed by atoms with van der Waals surface area (Å²) in [6.07, 6.45) is 5.22. The lowest BCUT2D eigenvalue weighted by molar-refractivity contribution is -0.144. The van der Waals surface area contributed by atoms with Crippen molar-refractivity contribution >= 4 is 23.2 Å². The first-order chi connectivity index (χ1) is 13.4. The van der Waals surface area contributed by atoms with Crippen LogP contribution in [-0.4, -0.2) is 34.0 Å². The lowest BCUT2D eigenvalue weighted by Crippen LogP contribution is -2.59. The van der Waals surface area contributed by atoms with Crippen LogP contribution in [0.15, 0.2) is 61.2 Å². The van der Waals surface area contributed by atoms with Gasteiger partial charge in [-0.05, 0) is 55.8 Å². The molecule has 1 atom stereocenters. The van der Waals surface area contributed by atoms with Crippen molar-refractivity contribution < 1.29 is 14.3 Å². The zero-order valence-electron chi connectivity index (χ0n) is 15.8. The molecule has 0 fully saturated rings. The zero-order valence-corrected chi connectivity index (χ0v) is 15.8. The minimum Gasteiger partial charge on any atom is -0.465 e. The molecule has 4 rings (SSSR count). The largest absolute Gasteiger partial charge is 0.465 e. The molecule has 7 heteroatoms. The Balaban J connectivity index is 1.57. The number of aryl methyl sites for hydroxylation is 1. The average molecular weight is 376 g/mol.